The van der Waals surface area contributed by atoms with Crippen LogP contribution in [0.4, 0.5) is 0 Å². The third kappa shape index (κ3) is 4.30. The first-order valence-electron chi connectivity index (χ1n) is 8.62. The number of nitrogens with one attached hydrogen (secondary N) is 1. The minimum atomic E-state index is -3.87. The van der Waals surface area contributed by atoms with Gasteiger partial charge in [-0.25, -0.2) is 21.6 Å². The fraction of sp³-hybridized carbons (Fsp3) is 0.150. The quantitative estimate of drug-likeness (QED) is 0.639. The Morgan fingerprint density at radius 3 is 2.18 bits per heavy atom. The van der Waals surface area contributed by atoms with Gasteiger partial charge < -0.3 is 0 Å². The van der Waals surface area contributed by atoms with E-state index in [0.29, 0.717) is 6.42 Å². The molecule has 0 spiro atoms. The minimum Gasteiger partial charge on any atom is -0.261 e. The lowest BCUT2D eigenvalue weighted by molar-refractivity contribution is 0.580. The van der Waals surface area contributed by atoms with E-state index in [1.54, 1.807) is 30.5 Å². The van der Waals surface area contributed by atoms with Crippen molar-refractivity contribution in [3.8, 4) is 0 Å². The van der Waals surface area contributed by atoms with E-state index in [1.165, 1.54) is 37.3 Å². The number of sulfonamides is 1. The first-order valence-corrected chi connectivity index (χ1v) is 11.6. The molecule has 0 amide bonds. The average molecular weight is 417 g/mol. The van der Waals surface area contributed by atoms with Gasteiger partial charge >= 0.3 is 0 Å². The summed E-state index contributed by atoms with van der Waals surface area (Å²) in [7, 11) is -7.69. The summed E-state index contributed by atoms with van der Waals surface area (Å²) in [5, 5.41) is 0. The predicted molar refractivity (Wildman–Crippen MR) is 106 cm³/mol. The second-order valence-electron chi connectivity index (χ2n) is 6.16. The third-order valence-electron chi connectivity index (χ3n) is 4.27. The van der Waals surface area contributed by atoms with Crippen LogP contribution in [-0.4, -0.2) is 28.4 Å². The maximum atomic E-state index is 12.9. The largest absolute Gasteiger partial charge is 0.261 e. The van der Waals surface area contributed by atoms with Crippen molar-refractivity contribution in [3.05, 3.63) is 84.2 Å². The molecule has 8 heteroatoms. The maximum absolute atomic E-state index is 12.9. The van der Waals surface area contributed by atoms with Crippen molar-refractivity contribution in [2.24, 2.45) is 0 Å². The number of pyridine rings is 1. The van der Waals surface area contributed by atoms with E-state index >= 15 is 0 Å². The standard InChI is InChI=1S/C20H20N2O4S2/c1-16-19(27(23,24)18-9-3-2-4-10-18)11-7-12-20(16)28(25,26)22-15-13-17-8-5-6-14-21-17/h2-12,14,22H,13,15H2,1H3. The summed E-state index contributed by atoms with van der Waals surface area (Å²) in [6, 6.07) is 17.6. The summed E-state index contributed by atoms with van der Waals surface area (Å²) in [6.45, 7) is 1.66. The van der Waals surface area contributed by atoms with E-state index in [0.717, 1.165) is 5.69 Å². The molecule has 0 bridgehead atoms. The van der Waals surface area contributed by atoms with Gasteiger partial charge in [0.05, 0.1) is 14.7 Å². The van der Waals surface area contributed by atoms with Crippen molar-refractivity contribution in [2.75, 3.05) is 6.54 Å². The molecule has 1 N–H and O–H groups in total. The predicted octanol–water partition coefficient (Wildman–Crippen LogP) is 2.74. The molecule has 0 aliphatic heterocycles. The van der Waals surface area contributed by atoms with Gasteiger partial charge in [-0.1, -0.05) is 30.3 Å². The van der Waals surface area contributed by atoms with Crippen LogP contribution in [0.15, 0.2) is 87.6 Å². The van der Waals surface area contributed by atoms with Crippen LogP contribution in [0.5, 0.6) is 0 Å². The van der Waals surface area contributed by atoms with Crippen LogP contribution in [0.2, 0.25) is 0 Å². The Morgan fingerprint density at radius 2 is 1.50 bits per heavy atom. The van der Waals surface area contributed by atoms with E-state index in [-0.39, 0.29) is 26.8 Å². The van der Waals surface area contributed by atoms with E-state index in [4.69, 9.17) is 0 Å². The Morgan fingerprint density at radius 1 is 0.821 bits per heavy atom. The lowest BCUT2D eigenvalue weighted by atomic mass is 10.2. The molecule has 0 unspecified atom stereocenters. The van der Waals surface area contributed by atoms with Crippen molar-refractivity contribution in [2.45, 2.75) is 28.0 Å². The molecule has 2 aromatic carbocycles. The molecule has 6 nitrogen and oxygen atoms in total. The number of hydrogen-bond acceptors (Lipinski definition) is 5. The fourth-order valence-electron chi connectivity index (χ4n) is 2.84. The molecule has 0 atom stereocenters. The van der Waals surface area contributed by atoms with Gasteiger partial charge in [0.2, 0.25) is 19.9 Å². The highest BCUT2D eigenvalue weighted by Crippen LogP contribution is 2.27. The highest BCUT2D eigenvalue weighted by molar-refractivity contribution is 7.92. The Hall–Kier alpha value is -2.55. The molecule has 0 saturated heterocycles. The van der Waals surface area contributed by atoms with Crippen molar-refractivity contribution in [3.63, 3.8) is 0 Å². The average Bonchev–Trinajstić information content (AvgIpc) is 2.69. The van der Waals surface area contributed by atoms with Crippen LogP contribution >= 0.6 is 0 Å². The monoisotopic (exact) mass is 416 g/mol. The first kappa shape index (κ1) is 20.2. The Kier molecular flexibility index (Phi) is 5.93. The molecule has 0 fully saturated rings. The van der Waals surface area contributed by atoms with Crippen LogP contribution in [0.3, 0.4) is 0 Å². The highest BCUT2D eigenvalue weighted by Gasteiger charge is 2.25. The molecule has 146 valence electrons. The Balaban J connectivity index is 1.88. The molecule has 1 aromatic heterocycles. The summed E-state index contributed by atoms with van der Waals surface area (Å²) in [5.41, 5.74) is 0.957. The molecule has 0 saturated carbocycles. The fourth-order valence-corrected chi connectivity index (χ4v) is 5.74. The van der Waals surface area contributed by atoms with Crippen LogP contribution in [0.1, 0.15) is 11.3 Å². The number of benzene rings is 2. The van der Waals surface area contributed by atoms with Gasteiger partial charge in [0.1, 0.15) is 0 Å². The lowest BCUT2D eigenvalue weighted by Crippen LogP contribution is -2.27. The topological polar surface area (TPSA) is 93.2 Å². The summed E-state index contributed by atoms with van der Waals surface area (Å²) in [5.74, 6) is 0. The molecule has 3 rings (SSSR count). The van der Waals surface area contributed by atoms with E-state index in [9.17, 15) is 16.8 Å². The second-order valence-corrected chi connectivity index (χ2v) is 9.82. The minimum absolute atomic E-state index is 0.0219. The van der Waals surface area contributed by atoms with Gasteiger partial charge in [-0.3, -0.25) is 4.98 Å². The third-order valence-corrected chi connectivity index (χ3v) is 7.79. The number of aromatic nitrogens is 1. The van der Waals surface area contributed by atoms with Crippen LogP contribution in [0, 0.1) is 6.92 Å². The van der Waals surface area contributed by atoms with Gasteiger partial charge in [-0.05, 0) is 48.9 Å². The zero-order valence-electron chi connectivity index (χ0n) is 15.2. The molecular weight excluding hydrogens is 396 g/mol. The van der Waals surface area contributed by atoms with E-state index < -0.39 is 19.9 Å². The molecular formula is C20H20N2O4S2. The molecule has 28 heavy (non-hydrogen) atoms. The van der Waals surface area contributed by atoms with Crippen LogP contribution in [-0.2, 0) is 26.3 Å². The first-order chi connectivity index (χ1) is 13.3. The SMILES string of the molecule is Cc1c(S(=O)(=O)NCCc2ccccn2)cccc1S(=O)(=O)c1ccccc1. The van der Waals surface area contributed by atoms with Gasteiger partial charge in [-0.2, -0.15) is 0 Å². The number of hydrogen-bond donors (Lipinski definition) is 1. The normalized spacial score (nSPS) is 12.0. The second kappa shape index (κ2) is 8.22. The molecule has 3 aromatic rings. The van der Waals surface area contributed by atoms with E-state index in [2.05, 4.69) is 9.71 Å². The van der Waals surface area contributed by atoms with Gasteiger partial charge in [0, 0.05) is 24.9 Å². The summed E-state index contributed by atoms with van der Waals surface area (Å²) in [6.07, 6.45) is 2.08. The molecule has 0 aliphatic carbocycles. The van der Waals surface area contributed by atoms with Crippen molar-refractivity contribution in [1.29, 1.82) is 0 Å². The summed E-state index contributed by atoms with van der Waals surface area (Å²) < 4.78 is 53.8. The zero-order chi connectivity index (χ0) is 20.2. The van der Waals surface area contributed by atoms with Crippen LogP contribution < -0.4 is 4.72 Å². The van der Waals surface area contributed by atoms with Crippen molar-refractivity contribution >= 4 is 19.9 Å². The smallest absolute Gasteiger partial charge is 0.240 e. The number of rotatable bonds is 7. The van der Waals surface area contributed by atoms with Gasteiger partial charge in [-0.15, -0.1) is 0 Å². The van der Waals surface area contributed by atoms with Crippen LogP contribution in [0.25, 0.3) is 0 Å². The summed E-state index contributed by atoms with van der Waals surface area (Å²) >= 11 is 0. The summed E-state index contributed by atoms with van der Waals surface area (Å²) in [4.78, 5) is 4.20. The zero-order valence-corrected chi connectivity index (χ0v) is 16.9. The van der Waals surface area contributed by atoms with Crippen molar-refractivity contribution in [1.82, 2.24) is 9.71 Å². The van der Waals surface area contributed by atoms with E-state index in [1.807, 2.05) is 12.1 Å². The highest BCUT2D eigenvalue weighted by atomic mass is 32.2. The van der Waals surface area contributed by atoms with Crippen molar-refractivity contribution < 1.29 is 16.8 Å². The molecule has 1 heterocycles. The molecule has 0 radical (unpaired) electrons. The molecule has 0 aliphatic rings. The Bertz CT molecular complexity index is 1160. The lowest BCUT2D eigenvalue weighted by Gasteiger charge is -2.13. The maximum Gasteiger partial charge on any atom is 0.240 e. The number of sulfone groups is 1. The van der Waals surface area contributed by atoms with Gasteiger partial charge in [0.25, 0.3) is 0 Å². The Labute approximate surface area is 165 Å². The van der Waals surface area contributed by atoms with Gasteiger partial charge in [0.15, 0.2) is 0 Å². The number of nitrogens with zero attached hydrogens (tertiary/aromatic N) is 1.